The van der Waals surface area contributed by atoms with Crippen LogP contribution in [0.3, 0.4) is 0 Å². The lowest BCUT2D eigenvalue weighted by Gasteiger charge is -2.02. The normalized spacial score (nSPS) is 10.5. The summed E-state index contributed by atoms with van der Waals surface area (Å²) in [5, 5.41) is 2.69. The number of carbonyl (C=O) groups excluding carboxylic acids is 1. The van der Waals surface area contributed by atoms with E-state index < -0.39 is 0 Å². The van der Waals surface area contributed by atoms with Gasteiger partial charge in [0.2, 0.25) is 0 Å². The molecule has 0 fully saturated rings. The van der Waals surface area contributed by atoms with Crippen molar-refractivity contribution in [2.75, 3.05) is 5.32 Å². The van der Waals surface area contributed by atoms with Gasteiger partial charge in [0.25, 0.3) is 5.91 Å². The maximum Gasteiger partial charge on any atom is 0.292 e. The van der Waals surface area contributed by atoms with Gasteiger partial charge < -0.3 is 9.73 Å². The van der Waals surface area contributed by atoms with E-state index in [1.165, 1.54) is 0 Å². The van der Waals surface area contributed by atoms with E-state index in [9.17, 15) is 4.79 Å². The first-order valence-corrected chi connectivity index (χ1v) is 7.99. The van der Waals surface area contributed by atoms with E-state index in [0.29, 0.717) is 11.6 Å². The van der Waals surface area contributed by atoms with Crippen molar-refractivity contribution in [1.82, 2.24) is 4.98 Å². The third-order valence-corrected chi connectivity index (χ3v) is 3.93. The molecule has 3 aromatic rings. The fraction of sp³-hybridized carbons (Fsp3) is 0. The molecule has 22 heavy (non-hydrogen) atoms. The van der Waals surface area contributed by atoms with Gasteiger partial charge >= 0.3 is 0 Å². The molecule has 2 heterocycles. The minimum Gasteiger partial charge on any atom is -0.451 e. The number of hydrogen-bond acceptors (Lipinski definition) is 3. The molecule has 0 bridgehead atoms. The third kappa shape index (κ3) is 3.45. The molecule has 1 aromatic carbocycles. The van der Waals surface area contributed by atoms with Crippen LogP contribution in [0.5, 0.6) is 0 Å². The molecule has 0 saturated heterocycles. The number of furan rings is 1. The molecule has 6 heteroatoms. The Morgan fingerprint density at radius 1 is 0.955 bits per heavy atom. The lowest BCUT2D eigenvalue weighted by molar-refractivity contribution is 0.0997. The molecule has 0 aliphatic heterocycles. The number of amides is 1. The summed E-state index contributed by atoms with van der Waals surface area (Å²) >= 11 is 6.68. The quantitative estimate of drug-likeness (QED) is 0.638. The predicted octanol–water partition coefficient (Wildman–Crippen LogP) is 5.12. The molecule has 3 rings (SSSR count). The number of carbonyl (C=O) groups is 1. The van der Waals surface area contributed by atoms with Crippen LogP contribution in [-0.4, -0.2) is 10.9 Å². The summed E-state index contributed by atoms with van der Waals surface area (Å²) in [5.41, 5.74) is 0.906. The van der Waals surface area contributed by atoms with Crippen LogP contribution in [-0.2, 0) is 0 Å². The number of nitrogens with one attached hydrogen (secondary N) is 1. The molecule has 0 spiro atoms. The highest BCUT2D eigenvalue weighted by Gasteiger charge is 2.13. The number of pyridine rings is 1. The zero-order valence-electron chi connectivity index (χ0n) is 11.2. The van der Waals surface area contributed by atoms with Gasteiger partial charge in [-0.25, -0.2) is 4.98 Å². The Labute approximate surface area is 143 Å². The Hall–Kier alpha value is -1.92. The predicted molar refractivity (Wildman–Crippen MR) is 91.7 cm³/mol. The summed E-state index contributed by atoms with van der Waals surface area (Å²) < 4.78 is 7.44. The summed E-state index contributed by atoms with van der Waals surface area (Å²) in [6.07, 6.45) is 1.62. The fourth-order valence-corrected chi connectivity index (χ4v) is 2.36. The molecule has 2 aromatic heterocycles. The van der Waals surface area contributed by atoms with Crippen LogP contribution in [0.1, 0.15) is 10.6 Å². The summed E-state index contributed by atoms with van der Waals surface area (Å²) in [6.45, 7) is 0. The van der Waals surface area contributed by atoms with E-state index in [-0.39, 0.29) is 11.7 Å². The van der Waals surface area contributed by atoms with Gasteiger partial charge in [-0.3, -0.25) is 4.79 Å². The van der Waals surface area contributed by atoms with Crippen molar-refractivity contribution in [2.24, 2.45) is 0 Å². The van der Waals surface area contributed by atoms with Crippen LogP contribution in [0.15, 0.2) is 68.1 Å². The largest absolute Gasteiger partial charge is 0.451 e. The molecule has 0 unspecified atom stereocenters. The Kier molecular flexibility index (Phi) is 4.40. The maximum atomic E-state index is 12.1. The van der Waals surface area contributed by atoms with Crippen molar-refractivity contribution in [1.29, 1.82) is 0 Å². The van der Waals surface area contributed by atoms with Gasteiger partial charge in [0.05, 0.1) is 0 Å². The Morgan fingerprint density at radius 2 is 1.68 bits per heavy atom. The molecule has 0 aliphatic carbocycles. The highest BCUT2D eigenvalue weighted by Crippen LogP contribution is 2.24. The number of hydrogen-bond donors (Lipinski definition) is 1. The van der Waals surface area contributed by atoms with Gasteiger partial charge in [-0.15, -0.1) is 0 Å². The van der Waals surface area contributed by atoms with Gasteiger partial charge in [-0.2, -0.15) is 0 Å². The van der Waals surface area contributed by atoms with Crippen molar-refractivity contribution < 1.29 is 9.21 Å². The van der Waals surface area contributed by atoms with E-state index in [0.717, 1.165) is 14.5 Å². The monoisotopic (exact) mass is 420 g/mol. The lowest BCUT2D eigenvalue weighted by Crippen LogP contribution is -2.11. The van der Waals surface area contributed by atoms with Gasteiger partial charge in [0.15, 0.2) is 5.76 Å². The van der Waals surface area contributed by atoms with E-state index in [2.05, 4.69) is 42.2 Å². The maximum absolute atomic E-state index is 12.1. The first kappa shape index (κ1) is 15.0. The minimum atomic E-state index is -0.335. The Balaban J connectivity index is 1.76. The smallest absolute Gasteiger partial charge is 0.292 e. The highest BCUT2D eigenvalue weighted by molar-refractivity contribution is 9.10. The van der Waals surface area contributed by atoms with Crippen molar-refractivity contribution in [3.63, 3.8) is 0 Å². The van der Waals surface area contributed by atoms with Crippen LogP contribution in [0.2, 0.25) is 0 Å². The topological polar surface area (TPSA) is 55.1 Å². The van der Waals surface area contributed by atoms with Crippen LogP contribution in [0, 0.1) is 0 Å². The Bertz CT molecular complexity index is 796. The first-order chi connectivity index (χ1) is 10.6. The average Bonchev–Trinajstić information content (AvgIpc) is 3.00. The van der Waals surface area contributed by atoms with Crippen LogP contribution >= 0.6 is 31.9 Å². The second-order valence-corrected chi connectivity index (χ2v) is 6.32. The Morgan fingerprint density at radius 3 is 2.36 bits per heavy atom. The minimum absolute atomic E-state index is 0.239. The van der Waals surface area contributed by atoms with Crippen molar-refractivity contribution in [2.45, 2.75) is 0 Å². The SMILES string of the molecule is O=C(Nc1ccc(Br)cn1)c1ccc(-c2ccc(Br)cc2)o1. The summed E-state index contributed by atoms with van der Waals surface area (Å²) in [5.74, 6) is 1.01. The summed E-state index contributed by atoms with van der Waals surface area (Å²) in [6, 6.07) is 14.6. The molecule has 1 amide bonds. The second-order valence-electron chi connectivity index (χ2n) is 4.49. The third-order valence-electron chi connectivity index (χ3n) is 2.93. The molecule has 0 saturated carbocycles. The number of benzene rings is 1. The molecule has 1 N–H and O–H groups in total. The second kappa shape index (κ2) is 6.46. The van der Waals surface area contributed by atoms with E-state index in [1.807, 2.05) is 24.3 Å². The average molecular weight is 422 g/mol. The molecule has 4 nitrogen and oxygen atoms in total. The molecule has 0 radical (unpaired) electrons. The fourth-order valence-electron chi connectivity index (χ4n) is 1.86. The summed E-state index contributed by atoms with van der Waals surface area (Å²) in [4.78, 5) is 16.2. The summed E-state index contributed by atoms with van der Waals surface area (Å²) in [7, 11) is 0. The number of nitrogens with zero attached hydrogens (tertiary/aromatic N) is 1. The van der Waals surface area contributed by atoms with Gasteiger partial charge in [0.1, 0.15) is 11.6 Å². The van der Waals surface area contributed by atoms with Crippen LogP contribution < -0.4 is 5.32 Å². The number of anilines is 1. The van der Waals surface area contributed by atoms with Crippen molar-refractivity contribution >= 4 is 43.6 Å². The zero-order chi connectivity index (χ0) is 15.5. The molecule has 0 aliphatic rings. The van der Waals surface area contributed by atoms with E-state index >= 15 is 0 Å². The van der Waals surface area contributed by atoms with Crippen molar-refractivity contribution in [3.05, 3.63) is 69.4 Å². The van der Waals surface area contributed by atoms with Gasteiger partial charge in [0, 0.05) is 20.7 Å². The number of rotatable bonds is 3. The van der Waals surface area contributed by atoms with Crippen LogP contribution in [0.4, 0.5) is 5.82 Å². The van der Waals surface area contributed by atoms with E-state index in [4.69, 9.17) is 4.42 Å². The molecule has 0 atom stereocenters. The zero-order valence-corrected chi connectivity index (χ0v) is 14.4. The molecule has 110 valence electrons. The molecular formula is C16H10Br2N2O2. The van der Waals surface area contributed by atoms with E-state index in [1.54, 1.807) is 30.5 Å². The first-order valence-electron chi connectivity index (χ1n) is 6.40. The van der Waals surface area contributed by atoms with Crippen molar-refractivity contribution in [3.8, 4) is 11.3 Å². The standard InChI is InChI=1S/C16H10Br2N2O2/c17-11-3-1-10(2-4-11)13-6-7-14(22-13)16(21)20-15-8-5-12(18)9-19-15/h1-9H,(H,19,20,21). The number of aromatic nitrogens is 1. The molecular weight excluding hydrogens is 412 g/mol. The van der Waals surface area contributed by atoms with Crippen LogP contribution in [0.25, 0.3) is 11.3 Å². The van der Waals surface area contributed by atoms with Gasteiger partial charge in [-0.1, -0.05) is 28.1 Å². The lowest BCUT2D eigenvalue weighted by atomic mass is 10.2. The van der Waals surface area contributed by atoms with Gasteiger partial charge in [-0.05, 0) is 52.3 Å². The number of halogens is 2. The highest BCUT2D eigenvalue weighted by atomic mass is 79.9.